The summed E-state index contributed by atoms with van der Waals surface area (Å²) in [4.78, 5) is 0. The molecule has 1 aliphatic heterocycles. The van der Waals surface area contributed by atoms with Crippen LogP contribution in [0.3, 0.4) is 0 Å². The van der Waals surface area contributed by atoms with Crippen molar-refractivity contribution >= 4 is 5.70 Å². The first kappa shape index (κ1) is 15.4. The average Bonchev–Trinajstić information content (AvgIpc) is 3.19. The lowest BCUT2D eigenvalue weighted by molar-refractivity contribution is 0.264. The molecule has 2 aliphatic rings. The largest absolute Gasteiger partial charge is 0.497 e. The highest BCUT2D eigenvalue weighted by molar-refractivity contribution is 5.77. The number of rotatable bonds is 3. The van der Waals surface area contributed by atoms with E-state index >= 15 is 0 Å². The Morgan fingerprint density at radius 3 is 2.76 bits per heavy atom. The second-order valence-electron chi connectivity index (χ2n) is 6.06. The Kier molecular flexibility index (Phi) is 3.73. The van der Waals surface area contributed by atoms with Crippen LogP contribution in [0.4, 0.5) is 0 Å². The second-order valence-corrected chi connectivity index (χ2v) is 6.06. The number of furan rings is 1. The summed E-state index contributed by atoms with van der Waals surface area (Å²) in [6.45, 7) is 0. The van der Waals surface area contributed by atoms with Crippen LogP contribution < -0.4 is 10.1 Å². The zero-order valence-corrected chi connectivity index (χ0v) is 14.1. The first-order valence-corrected chi connectivity index (χ1v) is 8.15. The van der Waals surface area contributed by atoms with E-state index in [-0.39, 0.29) is 5.92 Å². The minimum absolute atomic E-state index is 0.221. The molecule has 0 saturated carbocycles. The smallest absolute Gasteiger partial charge is 0.206 e. The second kappa shape index (κ2) is 6.06. The van der Waals surface area contributed by atoms with Crippen LogP contribution in [0.5, 0.6) is 5.75 Å². The summed E-state index contributed by atoms with van der Waals surface area (Å²) >= 11 is 0. The fraction of sp³-hybridized carbons (Fsp3) is 0.250. The van der Waals surface area contributed by atoms with Crippen molar-refractivity contribution in [2.45, 2.75) is 18.8 Å². The van der Waals surface area contributed by atoms with Crippen LogP contribution in [-0.2, 0) is 11.2 Å². The highest BCUT2D eigenvalue weighted by atomic mass is 16.5. The number of ether oxygens (including phenoxy) is 2. The molecule has 1 unspecified atom stereocenters. The molecule has 0 amide bonds. The van der Waals surface area contributed by atoms with Crippen LogP contribution >= 0.6 is 0 Å². The van der Waals surface area contributed by atoms with Crippen LogP contribution in [0.1, 0.15) is 29.2 Å². The number of hydrogen-bond acceptors (Lipinski definition) is 5. The van der Waals surface area contributed by atoms with Crippen molar-refractivity contribution in [1.29, 1.82) is 5.26 Å². The Morgan fingerprint density at radius 2 is 2.08 bits per heavy atom. The van der Waals surface area contributed by atoms with Gasteiger partial charge in [-0.2, -0.15) is 5.26 Å². The molecule has 2 heterocycles. The molecule has 1 atom stereocenters. The van der Waals surface area contributed by atoms with Gasteiger partial charge in [-0.15, -0.1) is 0 Å². The molecule has 0 bridgehead atoms. The summed E-state index contributed by atoms with van der Waals surface area (Å²) in [6.07, 6.45) is 3.38. The van der Waals surface area contributed by atoms with Gasteiger partial charge in [-0.25, -0.2) is 0 Å². The number of allylic oxidation sites excluding steroid dienone is 2. The molecule has 1 aliphatic carbocycles. The first-order chi connectivity index (χ1) is 12.3. The van der Waals surface area contributed by atoms with Gasteiger partial charge < -0.3 is 19.2 Å². The molecular weight excluding hydrogens is 316 g/mol. The van der Waals surface area contributed by atoms with Crippen molar-refractivity contribution in [3.63, 3.8) is 0 Å². The van der Waals surface area contributed by atoms with Gasteiger partial charge in [0.1, 0.15) is 23.2 Å². The zero-order chi connectivity index (χ0) is 17.4. The fourth-order valence-electron chi connectivity index (χ4n) is 3.68. The minimum atomic E-state index is -0.221. The maximum atomic E-state index is 9.71. The van der Waals surface area contributed by atoms with Crippen LogP contribution in [0, 0.1) is 11.3 Å². The normalized spacial score (nSPS) is 18.8. The van der Waals surface area contributed by atoms with Crippen molar-refractivity contribution in [2.24, 2.45) is 0 Å². The molecule has 126 valence electrons. The molecular formula is C20H18N2O3. The fourth-order valence-corrected chi connectivity index (χ4v) is 3.68. The summed E-state index contributed by atoms with van der Waals surface area (Å²) in [5.74, 6) is 1.87. The van der Waals surface area contributed by atoms with Gasteiger partial charge in [0.2, 0.25) is 5.88 Å². The number of nitrogens with zero attached hydrogens (tertiary/aromatic N) is 1. The van der Waals surface area contributed by atoms with Crippen molar-refractivity contribution < 1.29 is 13.9 Å². The van der Waals surface area contributed by atoms with E-state index < -0.39 is 0 Å². The number of fused-ring (bicyclic) bond motifs is 2. The summed E-state index contributed by atoms with van der Waals surface area (Å²) in [6, 6.07) is 12.1. The van der Waals surface area contributed by atoms with E-state index in [2.05, 4.69) is 23.5 Å². The molecule has 1 N–H and O–H groups in total. The molecule has 0 saturated heterocycles. The summed E-state index contributed by atoms with van der Waals surface area (Å²) in [5, 5.41) is 13.0. The Hall–Kier alpha value is -3.13. The molecule has 2 aromatic rings. The molecule has 0 fully saturated rings. The van der Waals surface area contributed by atoms with Gasteiger partial charge in [-0.05, 0) is 54.3 Å². The van der Waals surface area contributed by atoms with Crippen molar-refractivity contribution in [1.82, 2.24) is 5.32 Å². The molecule has 1 aromatic heterocycles. The SMILES string of the molecule is COC1=C(C#N)C(c2ccco2)C2=C(N1)c1ccc(OC)cc1CC2. The van der Waals surface area contributed by atoms with Crippen LogP contribution in [0.25, 0.3) is 5.70 Å². The van der Waals surface area contributed by atoms with E-state index in [4.69, 9.17) is 13.9 Å². The number of dihydropyridines is 1. The Morgan fingerprint density at radius 1 is 1.20 bits per heavy atom. The quantitative estimate of drug-likeness (QED) is 0.927. The zero-order valence-electron chi connectivity index (χ0n) is 14.1. The third kappa shape index (κ3) is 2.38. The van der Waals surface area contributed by atoms with Gasteiger partial charge in [0, 0.05) is 11.3 Å². The van der Waals surface area contributed by atoms with Gasteiger partial charge >= 0.3 is 0 Å². The summed E-state index contributed by atoms with van der Waals surface area (Å²) in [7, 11) is 3.24. The van der Waals surface area contributed by atoms with Gasteiger partial charge in [-0.3, -0.25) is 0 Å². The van der Waals surface area contributed by atoms with Crippen molar-refractivity contribution in [3.8, 4) is 11.8 Å². The highest BCUT2D eigenvalue weighted by Crippen LogP contribution is 2.45. The van der Waals surface area contributed by atoms with Crippen LogP contribution in [0.2, 0.25) is 0 Å². The van der Waals surface area contributed by atoms with E-state index in [1.54, 1.807) is 20.5 Å². The maximum absolute atomic E-state index is 9.71. The number of aryl methyl sites for hydroxylation is 1. The predicted molar refractivity (Wildman–Crippen MR) is 92.5 cm³/mol. The monoisotopic (exact) mass is 334 g/mol. The third-order valence-corrected chi connectivity index (χ3v) is 4.84. The average molecular weight is 334 g/mol. The Labute approximate surface area is 146 Å². The molecule has 0 spiro atoms. The highest BCUT2D eigenvalue weighted by Gasteiger charge is 2.36. The minimum Gasteiger partial charge on any atom is -0.497 e. The standard InChI is InChI=1S/C20H18N2O3/c1-23-13-6-8-14-12(10-13)5-7-15-18(17-4-3-9-25-17)16(11-21)20(24-2)22-19(14)15/h3-4,6,8-10,18,22H,5,7H2,1-2H3. The third-order valence-electron chi connectivity index (χ3n) is 4.84. The molecule has 0 radical (unpaired) electrons. The van der Waals surface area contributed by atoms with Crippen LogP contribution in [0.15, 0.2) is 58.0 Å². The van der Waals surface area contributed by atoms with Gasteiger partial charge in [-0.1, -0.05) is 0 Å². The lowest BCUT2D eigenvalue weighted by atomic mass is 9.77. The van der Waals surface area contributed by atoms with E-state index in [0.717, 1.165) is 41.2 Å². The number of benzene rings is 1. The number of methoxy groups -OCH3 is 2. The lowest BCUT2D eigenvalue weighted by Gasteiger charge is -2.33. The first-order valence-electron chi connectivity index (χ1n) is 8.15. The molecule has 1 aromatic carbocycles. The maximum Gasteiger partial charge on any atom is 0.206 e. The molecule has 5 heteroatoms. The Bertz CT molecular complexity index is 917. The van der Waals surface area contributed by atoms with Crippen LogP contribution in [-0.4, -0.2) is 14.2 Å². The van der Waals surface area contributed by atoms with Gasteiger partial charge in [0.25, 0.3) is 0 Å². The molecule has 25 heavy (non-hydrogen) atoms. The van der Waals surface area contributed by atoms with Crippen molar-refractivity contribution in [3.05, 3.63) is 70.5 Å². The predicted octanol–water partition coefficient (Wildman–Crippen LogP) is 3.71. The van der Waals surface area contributed by atoms with Gasteiger partial charge in [0.05, 0.1) is 26.4 Å². The van der Waals surface area contributed by atoms with E-state index in [1.165, 1.54) is 5.56 Å². The topological polar surface area (TPSA) is 67.4 Å². The van der Waals surface area contributed by atoms with E-state index in [1.807, 2.05) is 18.2 Å². The Balaban J connectivity index is 1.89. The summed E-state index contributed by atoms with van der Waals surface area (Å²) < 4.78 is 16.5. The molecule has 4 rings (SSSR count). The van der Waals surface area contributed by atoms with Crippen molar-refractivity contribution in [2.75, 3.05) is 14.2 Å². The van der Waals surface area contributed by atoms with E-state index in [0.29, 0.717) is 11.5 Å². The molecule has 5 nitrogen and oxygen atoms in total. The van der Waals surface area contributed by atoms with E-state index in [9.17, 15) is 5.26 Å². The number of hydrogen-bond donors (Lipinski definition) is 1. The number of nitrogens with one attached hydrogen (secondary N) is 1. The number of nitriles is 1. The lowest BCUT2D eigenvalue weighted by Crippen LogP contribution is -2.29. The van der Waals surface area contributed by atoms with Gasteiger partial charge in [0.15, 0.2) is 0 Å². The summed E-state index contributed by atoms with van der Waals surface area (Å²) in [5.41, 5.74) is 5.05.